The molecule has 0 aliphatic heterocycles. The van der Waals surface area contributed by atoms with E-state index in [1.807, 2.05) is 12.1 Å². The van der Waals surface area contributed by atoms with E-state index in [4.69, 9.17) is 9.15 Å². The van der Waals surface area contributed by atoms with Gasteiger partial charge in [-0.05, 0) is 30.5 Å². The van der Waals surface area contributed by atoms with Crippen molar-refractivity contribution in [3.63, 3.8) is 0 Å². The lowest BCUT2D eigenvalue weighted by Gasteiger charge is -2.06. The van der Waals surface area contributed by atoms with Gasteiger partial charge in [-0.2, -0.15) is 0 Å². The zero-order valence-electron chi connectivity index (χ0n) is 17.3. The number of hydrogen-bond donors (Lipinski definition) is 1. The first kappa shape index (κ1) is 22.0. The molecule has 0 atom stereocenters. The van der Waals surface area contributed by atoms with Crippen LogP contribution in [0.3, 0.4) is 0 Å². The van der Waals surface area contributed by atoms with Crippen LogP contribution in [0.25, 0.3) is 11.1 Å². The molecule has 1 heterocycles. The number of Topliss-reactive ketones (excluding diaryl/α,β-unsaturated/α-hetero) is 1. The normalized spacial score (nSPS) is 10.7. The molecular weight excluding hydrogens is 400 g/mol. The van der Waals surface area contributed by atoms with Crippen molar-refractivity contribution in [1.29, 1.82) is 0 Å². The Balaban J connectivity index is 1.44. The number of aromatic nitrogens is 1. The van der Waals surface area contributed by atoms with Crippen LogP contribution in [0.2, 0.25) is 0 Å². The van der Waals surface area contributed by atoms with Gasteiger partial charge < -0.3 is 14.5 Å². The minimum Gasteiger partial charge on any atom is -0.457 e. The van der Waals surface area contributed by atoms with Gasteiger partial charge in [0.2, 0.25) is 5.91 Å². The third kappa shape index (κ3) is 6.15. The Bertz CT molecular complexity index is 1130. The van der Waals surface area contributed by atoms with Crippen LogP contribution in [0.4, 0.5) is 0 Å². The summed E-state index contributed by atoms with van der Waals surface area (Å²) >= 11 is 0. The quantitative estimate of drug-likeness (QED) is 0.304. The zero-order chi connectivity index (χ0) is 22.2. The van der Waals surface area contributed by atoms with Gasteiger partial charge in [-0.3, -0.25) is 19.0 Å². The summed E-state index contributed by atoms with van der Waals surface area (Å²) in [5, 5.41) is 2.74. The number of carbonyl (C=O) groups is 3. The molecule has 0 aliphatic carbocycles. The number of ketones is 1. The lowest BCUT2D eigenvalue weighted by atomic mass is 10.1. The number of carbonyl (C=O) groups excluding carboxylic acids is 3. The summed E-state index contributed by atoms with van der Waals surface area (Å²) in [5.41, 5.74) is 2.57. The molecule has 0 spiro atoms. The average molecular weight is 424 g/mol. The molecule has 2 aromatic carbocycles. The predicted molar refractivity (Wildman–Crippen MR) is 114 cm³/mol. The second-order valence-electron chi connectivity index (χ2n) is 7.10. The molecule has 0 aliphatic rings. The number of aryl methyl sites for hydroxylation is 2. The summed E-state index contributed by atoms with van der Waals surface area (Å²) < 4.78 is 11.6. The van der Waals surface area contributed by atoms with Crippen LogP contribution in [0.5, 0.6) is 0 Å². The molecular formula is C23H24N2O6. The van der Waals surface area contributed by atoms with Crippen LogP contribution in [-0.4, -0.2) is 35.4 Å². The third-order valence-corrected chi connectivity index (χ3v) is 4.77. The lowest BCUT2D eigenvalue weighted by molar-refractivity contribution is -0.142. The molecule has 1 amide bonds. The molecule has 0 bridgehead atoms. The molecule has 0 unspecified atom stereocenters. The van der Waals surface area contributed by atoms with Crippen molar-refractivity contribution < 1.29 is 23.5 Å². The SMILES string of the molecule is CC(=O)NCCCc1ccc(C(=O)COC(=O)CCn2c(=O)oc3ccccc32)cc1. The van der Waals surface area contributed by atoms with Crippen molar-refractivity contribution in [2.24, 2.45) is 0 Å². The number of hydrogen-bond acceptors (Lipinski definition) is 6. The Morgan fingerprint density at radius 1 is 1.06 bits per heavy atom. The maximum atomic E-state index is 12.3. The number of benzene rings is 2. The first-order valence-electron chi connectivity index (χ1n) is 10.0. The summed E-state index contributed by atoms with van der Waals surface area (Å²) in [5.74, 6) is -1.47. The molecule has 3 aromatic rings. The Morgan fingerprint density at radius 2 is 1.81 bits per heavy atom. The fraction of sp³-hybridized carbons (Fsp3) is 0.304. The Kier molecular flexibility index (Phi) is 7.37. The summed E-state index contributed by atoms with van der Waals surface area (Å²) in [6.45, 7) is 1.83. The lowest BCUT2D eigenvalue weighted by Crippen LogP contribution is -2.21. The van der Waals surface area contributed by atoms with Crippen molar-refractivity contribution in [2.75, 3.05) is 13.2 Å². The smallest absolute Gasteiger partial charge is 0.419 e. The van der Waals surface area contributed by atoms with Crippen LogP contribution in [0.1, 0.15) is 35.7 Å². The van der Waals surface area contributed by atoms with Crippen LogP contribution in [0, 0.1) is 0 Å². The second kappa shape index (κ2) is 10.4. The summed E-state index contributed by atoms with van der Waals surface area (Å²) in [6, 6.07) is 14.0. The van der Waals surface area contributed by atoms with Gasteiger partial charge in [-0.15, -0.1) is 0 Å². The zero-order valence-corrected chi connectivity index (χ0v) is 17.3. The standard InChI is InChI=1S/C23H24N2O6/c1-16(26)24-13-4-5-17-8-10-18(11-9-17)20(27)15-30-22(28)12-14-25-19-6-2-3-7-21(19)31-23(25)29/h2-3,6-11H,4-5,12-15H2,1H3,(H,24,26). The Morgan fingerprint density at radius 3 is 2.55 bits per heavy atom. The van der Waals surface area contributed by atoms with E-state index in [2.05, 4.69) is 5.32 Å². The first-order valence-corrected chi connectivity index (χ1v) is 10.0. The number of nitrogens with one attached hydrogen (secondary N) is 1. The highest BCUT2D eigenvalue weighted by Crippen LogP contribution is 2.12. The van der Waals surface area contributed by atoms with Crippen LogP contribution in [-0.2, 0) is 27.3 Å². The van der Waals surface area contributed by atoms with Gasteiger partial charge in [0.25, 0.3) is 0 Å². The van der Waals surface area contributed by atoms with E-state index in [0.29, 0.717) is 23.2 Å². The topological polar surface area (TPSA) is 108 Å². The molecule has 8 nitrogen and oxygen atoms in total. The second-order valence-corrected chi connectivity index (χ2v) is 7.10. The monoisotopic (exact) mass is 424 g/mol. The highest BCUT2D eigenvalue weighted by molar-refractivity contribution is 5.97. The number of oxazole rings is 1. The minimum absolute atomic E-state index is 0.0516. The van der Waals surface area contributed by atoms with Crippen molar-refractivity contribution in [2.45, 2.75) is 32.7 Å². The molecule has 1 N–H and O–H groups in total. The van der Waals surface area contributed by atoms with Gasteiger partial charge >= 0.3 is 11.7 Å². The number of ether oxygens (including phenoxy) is 1. The van der Waals surface area contributed by atoms with Gasteiger partial charge in [-0.1, -0.05) is 36.4 Å². The molecule has 3 rings (SSSR count). The summed E-state index contributed by atoms with van der Waals surface area (Å²) in [7, 11) is 0. The molecule has 0 saturated heterocycles. The van der Waals surface area contributed by atoms with E-state index in [9.17, 15) is 19.2 Å². The van der Waals surface area contributed by atoms with Crippen molar-refractivity contribution in [1.82, 2.24) is 9.88 Å². The molecule has 162 valence electrons. The van der Waals surface area contributed by atoms with Crippen LogP contribution >= 0.6 is 0 Å². The molecule has 31 heavy (non-hydrogen) atoms. The molecule has 0 radical (unpaired) electrons. The van der Waals surface area contributed by atoms with E-state index in [1.165, 1.54) is 11.5 Å². The molecule has 8 heteroatoms. The summed E-state index contributed by atoms with van der Waals surface area (Å²) in [4.78, 5) is 47.0. The van der Waals surface area contributed by atoms with Gasteiger partial charge in [0.15, 0.2) is 18.0 Å². The number of esters is 1. The Labute approximate surface area is 178 Å². The fourth-order valence-electron chi connectivity index (χ4n) is 3.14. The van der Waals surface area contributed by atoms with E-state index < -0.39 is 11.7 Å². The number of fused-ring (bicyclic) bond motifs is 1. The maximum absolute atomic E-state index is 12.3. The minimum atomic E-state index is -0.569. The van der Waals surface area contributed by atoms with Crippen molar-refractivity contribution >= 4 is 28.8 Å². The predicted octanol–water partition coefficient (Wildman–Crippen LogP) is 2.48. The van der Waals surface area contributed by atoms with Crippen molar-refractivity contribution in [3.05, 3.63) is 70.2 Å². The van der Waals surface area contributed by atoms with Gasteiger partial charge in [-0.25, -0.2) is 4.79 Å². The maximum Gasteiger partial charge on any atom is 0.419 e. The molecule has 0 fully saturated rings. The highest BCUT2D eigenvalue weighted by Gasteiger charge is 2.13. The highest BCUT2D eigenvalue weighted by atomic mass is 16.5. The number of amides is 1. The van der Waals surface area contributed by atoms with Crippen molar-refractivity contribution in [3.8, 4) is 0 Å². The molecule has 1 aromatic heterocycles. The first-order chi connectivity index (χ1) is 14.9. The number of para-hydroxylation sites is 2. The molecule has 0 saturated carbocycles. The fourth-order valence-corrected chi connectivity index (χ4v) is 3.14. The van der Waals surface area contributed by atoms with Gasteiger partial charge in [0.1, 0.15) is 0 Å². The van der Waals surface area contributed by atoms with E-state index in [1.54, 1.807) is 36.4 Å². The summed E-state index contributed by atoms with van der Waals surface area (Å²) in [6.07, 6.45) is 1.54. The van der Waals surface area contributed by atoms with E-state index >= 15 is 0 Å². The third-order valence-electron chi connectivity index (χ3n) is 4.77. The number of nitrogens with zero attached hydrogens (tertiary/aromatic N) is 1. The van der Waals surface area contributed by atoms with Gasteiger partial charge in [0.05, 0.1) is 11.9 Å². The number of rotatable bonds is 10. The van der Waals surface area contributed by atoms with E-state index in [0.717, 1.165) is 18.4 Å². The average Bonchev–Trinajstić information content (AvgIpc) is 3.08. The largest absolute Gasteiger partial charge is 0.457 e. The Hall–Kier alpha value is -3.68. The van der Waals surface area contributed by atoms with Crippen LogP contribution < -0.4 is 11.1 Å². The van der Waals surface area contributed by atoms with Gasteiger partial charge in [0, 0.05) is 25.6 Å². The van der Waals surface area contributed by atoms with Crippen LogP contribution in [0.15, 0.2) is 57.7 Å². The van der Waals surface area contributed by atoms with E-state index in [-0.39, 0.29) is 31.3 Å².